The van der Waals surface area contributed by atoms with Crippen molar-refractivity contribution in [3.05, 3.63) is 100 Å². The van der Waals surface area contributed by atoms with E-state index in [1.807, 2.05) is 16.7 Å². The number of anilines is 3. The number of fused-ring (bicyclic) bond motifs is 4. The van der Waals surface area contributed by atoms with Gasteiger partial charge in [0.2, 0.25) is 0 Å². The molecule has 3 heterocycles. The topological polar surface area (TPSA) is 78.4 Å². The lowest BCUT2D eigenvalue weighted by atomic mass is 9.83. The first kappa shape index (κ1) is 27.4. The summed E-state index contributed by atoms with van der Waals surface area (Å²) in [6, 6.07) is 15.4. The molecular weight excluding hydrogens is 539 g/mol. The molecule has 2 aromatic carbocycles. The zero-order valence-electron chi connectivity index (χ0n) is 21.5. The molecule has 0 saturated carbocycles. The van der Waals surface area contributed by atoms with E-state index in [1.54, 1.807) is 30.3 Å². The predicted octanol–water partition coefficient (Wildman–Crippen LogP) is 5.22. The van der Waals surface area contributed by atoms with E-state index in [0.29, 0.717) is 37.4 Å². The van der Waals surface area contributed by atoms with E-state index in [9.17, 15) is 22.8 Å². The fraction of sp³-hybridized carbons (Fsp3) is 0.276. The van der Waals surface area contributed by atoms with E-state index in [4.69, 9.17) is 12.2 Å². The van der Waals surface area contributed by atoms with E-state index in [2.05, 4.69) is 27.4 Å². The molecule has 0 aliphatic carbocycles. The standard InChI is InChI=1S/C29H28F3N5O2S/c1-2-11-33-27(39)19-9-10-25(36-15-18-12-20(17-36)24-7-4-8-26(38)37(24)16-18)23(13-19)35-28(40)34-22-6-3-5-21(14-22)29(30,31)32/h2-10,13-14,18,20H,1,11-12,15-17H2,(H,33,39)(H2,34,35,40)/t18-,20+/m1/s1. The van der Waals surface area contributed by atoms with Gasteiger partial charge in [-0.1, -0.05) is 18.2 Å². The summed E-state index contributed by atoms with van der Waals surface area (Å²) in [6.45, 7) is 5.90. The molecule has 7 nitrogen and oxygen atoms in total. The fourth-order valence-electron chi connectivity index (χ4n) is 5.47. The molecule has 1 amide bonds. The van der Waals surface area contributed by atoms with Gasteiger partial charge in [-0.25, -0.2) is 0 Å². The lowest BCUT2D eigenvalue weighted by Gasteiger charge is -2.44. The quantitative estimate of drug-likeness (QED) is 0.280. The molecule has 2 aliphatic heterocycles. The number of carbonyl (C=O) groups excluding carboxylic acids is 1. The van der Waals surface area contributed by atoms with Crippen molar-refractivity contribution in [2.75, 3.05) is 35.2 Å². The first-order valence-electron chi connectivity index (χ1n) is 12.9. The number of hydrogen-bond acceptors (Lipinski definition) is 4. The number of carbonyl (C=O) groups is 1. The molecule has 0 radical (unpaired) electrons. The van der Waals surface area contributed by atoms with Gasteiger partial charge in [0.05, 0.1) is 16.9 Å². The average molecular weight is 568 g/mol. The molecule has 2 atom stereocenters. The maximum absolute atomic E-state index is 13.2. The van der Waals surface area contributed by atoms with Crippen LogP contribution in [0.25, 0.3) is 0 Å². The Balaban J connectivity index is 1.43. The number of pyridine rings is 1. The molecule has 0 spiro atoms. The summed E-state index contributed by atoms with van der Waals surface area (Å²) >= 11 is 5.47. The molecule has 2 aliphatic rings. The summed E-state index contributed by atoms with van der Waals surface area (Å²) in [6.07, 6.45) is -1.93. The molecule has 1 fully saturated rings. The molecule has 208 valence electrons. The van der Waals surface area contributed by atoms with Gasteiger partial charge in [0.25, 0.3) is 11.5 Å². The van der Waals surface area contributed by atoms with Crippen molar-refractivity contribution >= 4 is 40.3 Å². The highest BCUT2D eigenvalue weighted by Crippen LogP contribution is 2.39. The second-order valence-corrected chi connectivity index (χ2v) is 10.4. The van der Waals surface area contributed by atoms with Crippen molar-refractivity contribution in [3.8, 4) is 0 Å². The maximum Gasteiger partial charge on any atom is 0.416 e. The van der Waals surface area contributed by atoms with Gasteiger partial charge in [-0.15, -0.1) is 6.58 Å². The normalized spacial score (nSPS) is 17.9. The third kappa shape index (κ3) is 5.89. The Kier molecular flexibility index (Phi) is 7.66. The second kappa shape index (κ2) is 11.2. The minimum atomic E-state index is -4.48. The van der Waals surface area contributed by atoms with E-state index in [-0.39, 0.29) is 34.1 Å². The predicted molar refractivity (Wildman–Crippen MR) is 154 cm³/mol. The minimum absolute atomic E-state index is 0.00362. The summed E-state index contributed by atoms with van der Waals surface area (Å²) in [5, 5.41) is 8.76. The monoisotopic (exact) mass is 567 g/mol. The number of nitrogens with one attached hydrogen (secondary N) is 3. The summed E-state index contributed by atoms with van der Waals surface area (Å²) in [4.78, 5) is 27.3. The molecule has 3 N–H and O–H groups in total. The summed E-state index contributed by atoms with van der Waals surface area (Å²) in [5.41, 5.74) is 2.14. The molecule has 1 saturated heterocycles. The molecule has 11 heteroatoms. The maximum atomic E-state index is 13.2. The second-order valence-electron chi connectivity index (χ2n) is 9.99. The van der Waals surface area contributed by atoms with Crippen LogP contribution in [0.1, 0.15) is 34.0 Å². The molecular formula is C29H28F3N5O2S. The van der Waals surface area contributed by atoms with Gasteiger partial charge in [-0.3, -0.25) is 9.59 Å². The van der Waals surface area contributed by atoms with E-state index in [0.717, 1.165) is 29.9 Å². The van der Waals surface area contributed by atoms with Crippen LogP contribution in [0.3, 0.4) is 0 Å². The van der Waals surface area contributed by atoms with Crippen LogP contribution < -0.4 is 26.4 Å². The highest BCUT2D eigenvalue weighted by Gasteiger charge is 2.35. The number of amides is 1. The Morgan fingerprint density at radius 3 is 2.62 bits per heavy atom. The molecule has 3 aromatic rings. The Morgan fingerprint density at radius 1 is 1.05 bits per heavy atom. The smallest absolute Gasteiger partial charge is 0.369 e. The van der Waals surface area contributed by atoms with Crippen molar-refractivity contribution < 1.29 is 18.0 Å². The van der Waals surface area contributed by atoms with Crippen LogP contribution >= 0.6 is 12.2 Å². The number of benzene rings is 2. The highest BCUT2D eigenvalue weighted by atomic mass is 32.1. The van der Waals surface area contributed by atoms with Gasteiger partial charge < -0.3 is 25.4 Å². The Labute approximate surface area is 234 Å². The van der Waals surface area contributed by atoms with Crippen LogP contribution in [0, 0.1) is 5.92 Å². The van der Waals surface area contributed by atoms with Crippen LogP contribution in [0.4, 0.5) is 30.2 Å². The Hall–Kier alpha value is -4.12. The number of rotatable bonds is 6. The summed E-state index contributed by atoms with van der Waals surface area (Å²) < 4.78 is 41.4. The van der Waals surface area contributed by atoms with Crippen molar-refractivity contribution in [1.82, 2.24) is 9.88 Å². The number of halogens is 3. The summed E-state index contributed by atoms with van der Waals surface area (Å²) in [5.74, 6) is 0.111. The van der Waals surface area contributed by atoms with Crippen molar-refractivity contribution in [2.24, 2.45) is 5.92 Å². The van der Waals surface area contributed by atoms with Crippen LogP contribution in [0.15, 0.2) is 78.1 Å². The third-order valence-corrected chi connectivity index (χ3v) is 7.39. The summed E-state index contributed by atoms with van der Waals surface area (Å²) in [7, 11) is 0. The van der Waals surface area contributed by atoms with Gasteiger partial charge >= 0.3 is 6.18 Å². The van der Waals surface area contributed by atoms with Gasteiger partial charge in [0.1, 0.15) is 0 Å². The third-order valence-electron chi connectivity index (χ3n) is 7.18. The number of hydrogen-bond donors (Lipinski definition) is 3. The van der Waals surface area contributed by atoms with Crippen molar-refractivity contribution in [3.63, 3.8) is 0 Å². The Bertz CT molecular complexity index is 1520. The van der Waals surface area contributed by atoms with Crippen LogP contribution in [0.5, 0.6) is 0 Å². The number of nitrogens with zero attached hydrogens (tertiary/aromatic N) is 2. The number of piperidine rings is 1. The molecule has 40 heavy (non-hydrogen) atoms. The average Bonchev–Trinajstić information content (AvgIpc) is 2.92. The molecule has 5 rings (SSSR count). The van der Waals surface area contributed by atoms with Crippen molar-refractivity contribution in [2.45, 2.75) is 25.1 Å². The SMILES string of the molecule is C=CCNC(=O)c1ccc(N2C[C@H]3C[C@@H](C2)c2cccc(=O)n2C3)c(NC(=S)Nc2cccc(C(F)(F)F)c2)c1. The lowest BCUT2D eigenvalue weighted by molar-refractivity contribution is -0.137. The fourth-order valence-corrected chi connectivity index (χ4v) is 5.70. The van der Waals surface area contributed by atoms with Crippen molar-refractivity contribution in [1.29, 1.82) is 0 Å². The van der Waals surface area contributed by atoms with E-state index < -0.39 is 11.7 Å². The molecule has 1 aromatic heterocycles. The highest BCUT2D eigenvalue weighted by molar-refractivity contribution is 7.80. The van der Waals surface area contributed by atoms with Crippen LogP contribution in [-0.2, 0) is 12.7 Å². The zero-order chi connectivity index (χ0) is 28.4. The molecule has 2 bridgehead atoms. The van der Waals surface area contributed by atoms with Crippen LogP contribution in [-0.4, -0.2) is 35.2 Å². The van der Waals surface area contributed by atoms with Gasteiger partial charge in [-0.2, -0.15) is 13.2 Å². The largest absolute Gasteiger partial charge is 0.416 e. The van der Waals surface area contributed by atoms with Gasteiger partial charge in [0, 0.05) is 55.1 Å². The first-order valence-corrected chi connectivity index (χ1v) is 13.3. The zero-order valence-corrected chi connectivity index (χ0v) is 22.3. The number of alkyl halides is 3. The number of aromatic nitrogens is 1. The Morgan fingerprint density at radius 2 is 1.85 bits per heavy atom. The minimum Gasteiger partial charge on any atom is -0.369 e. The number of thiocarbonyl (C=S) groups is 1. The first-order chi connectivity index (χ1) is 19.1. The van der Waals surface area contributed by atoms with E-state index in [1.165, 1.54) is 12.1 Å². The van der Waals surface area contributed by atoms with Crippen LogP contribution in [0.2, 0.25) is 0 Å². The van der Waals surface area contributed by atoms with E-state index >= 15 is 0 Å². The van der Waals surface area contributed by atoms with Gasteiger partial charge in [-0.05, 0) is 67.0 Å². The lowest BCUT2D eigenvalue weighted by Crippen LogP contribution is -2.47. The molecule has 0 unspecified atom stereocenters. The van der Waals surface area contributed by atoms with Gasteiger partial charge in [0.15, 0.2) is 5.11 Å².